The normalized spacial score (nSPS) is 12.4. The zero-order chi connectivity index (χ0) is 15.7. The zero-order valence-electron chi connectivity index (χ0n) is 11.2. The molecule has 112 valence electrons. The average Bonchev–Trinajstić information content (AvgIpc) is 2.24. The fourth-order valence-corrected chi connectivity index (χ4v) is 2.87. The number of halogens is 1. The maximum atomic E-state index is 13.3. The fraction of sp³-hybridized carbons (Fsp3) is 0.455. The SMILES string of the molecule is Cc1cc(F)c([N+](=O)[O-])cc1S(=O)(=O)NCC(C)(C)O. The molecule has 0 spiro atoms. The Kier molecular flexibility index (Phi) is 4.47. The van der Waals surface area contributed by atoms with Gasteiger partial charge in [0.15, 0.2) is 0 Å². The molecule has 0 aliphatic heterocycles. The molecule has 1 aromatic carbocycles. The van der Waals surface area contributed by atoms with E-state index in [2.05, 4.69) is 4.72 Å². The van der Waals surface area contributed by atoms with Gasteiger partial charge in [0, 0.05) is 12.6 Å². The summed E-state index contributed by atoms with van der Waals surface area (Å²) in [6.45, 7) is 3.84. The number of sulfonamides is 1. The topological polar surface area (TPSA) is 110 Å². The molecule has 20 heavy (non-hydrogen) atoms. The molecule has 0 bridgehead atoms. The average molecular weight is 306 g/mol. The molecule has 0 fully saturated rings. The van der Waals surface area contributed by atoms with Crippen molar-refractivity contribution in [2.24, 2.45) is 0 Å². The van der Waals surface area contributed by atoms with E-state index in [1.807, 2.05) is 0 Å². The van der Waals surface area contributed by atoms with Gasteiger partial charge in [0.25, 0.3) is 0 Å². The first-order chi connectivity index (χ1) is 8.94. The van der Waals surface area contributed by atoms with Crippen LogP contribution in [0.15, 0.2) is 17.0 Å². The molecule has 0 aromatic heterocycles. The van der Waals surface area contributed by atoms with Gasteiger partial charge >= 0.3 is 5.69 Å². The van der Waals surface area contributed by atoms with Crippen molar-refractivity contribution >= 4 is 15.7 Å². The molecule has 0 saturated carbocycles. The lowest BCUT2D eigenvalue weighted by atomic mass is 10.1. The lowest BCUT2D eigenvalue weighted by molar-refractivity contribution is -0.387. The molecule has 9 heteroatoms. The number of hydrogen-bond acceptors (Lipinski definition) is 5. The Bertz CT molecular complexity index is 637. The van der Waals surface area contributed by atoms with E-state index in [9.17, 15) is 28.0 Å². The van der Waals surface area contributed by atoms with E-state index in [0.717, 1.165) is 6.07 Å². The monoisotopic (exact) mass is 306 g/mol. The van der Waals surface area contributed by atoms with E-state index in [1.54, 1.807) is 0 Å². The fourth-order valence-electron chi connectivity index (χ4n) is 1.42. The summed E-state index contributed by atoms with van der Waals surface area (Å²) in [6.07, 6.45) is 0. The van der Waals surface area contributed by atoms with Crippen LogP contribution in [0.2, 0.25) is 0 Å². The Balaban J connectivity index is 3.25. The molecule has 0 atom stereocenters. The molecule has 0 amide bonds. The van der Waals surface area contributed by atoms with Crippen molar-refractivity contribution in [2.75, 3.05) is 6.54 Å². The van der Waals surface area contributed by atoms with Crippen LogP contribution in [0, 0.1) is 22.9 Å². The third-order valence-electron chi connectivity index (χ3n) is 2.43. The van der Waals surface area contributed by atoms with Crippen LogP contribution in [-0.2, 0) is 10.0 Å². The number of benzene rings is 1. The van der Waals surface area contributed by atoms with Crippen molar-refractivity contribution in [2.45, 2.75) is 31.3 Å². The van der Waals surface area contributed by atoms with Crippen molar-refractivity contribution in [3.05, 3.63) is 33.6 Å². The molecule has 0 aliphatic carbocycles. The highest BCUT2D eigenvalue weighted by Gasteiger charge is 2.25. The lowest BCUT2D eigenvalue weighted by Crippen LogP contribution is -2.38. The predicted octanol–water partition coefficient (Wildman–Crippen LogP) is 1.09. The quantitative estimate of drug-likeness (QED) is 0.625. The first-order valence-electron chi connectivity index (χ1n) is 5.60. The van der Waals surface area contributed by atoms with Crippen molar-refractivity contribution in [3.63, 3.8) is 0 Å². The maximum absolute atomic E-state index is 13.3. The molecule has 0 heterocycles. The number of nitrogens with zero attached hydrogens (tertiary/aromatic N) is 1. The van der Waals surface area contributed by atoms with Crippen LogP contribution in [0.4, 0.5) is 10.1 Å². The third-order valence-corrected chi connectivity index (χ3v) is 3.97. The summed E-state index contributed by atoms with van der Waals surface area (Å²) in [4.78, 5) is 9.25. The zero-order valence-corrected chi connectivity index (χ0v) is 12.0. The lowest BCUT2D eigenvalue weighted by Gasteiger charge is -2.18. The number of aliphatic hydroxyl groups is 1. The summed E-state index contributed by atoms with van der Waals surface area (Å²) in [5, 5.41) is 20.1. The van der Waals surface area contributed by atoms with Crippen molar-refractivity contribution < 1.29 is 22.8 Å². The van der Waals surface area contributed by atoms with Crippen LogP contribution < -0.4 is 4.72 Å². The number of nitro groups is 1. The van der Waals surface area contributed by atoms with Crippen molar-refractivity contribution in [3.8, 4) is 0 Å². The second-order valence-electron chi connectivity index (χ2n) is 4.96. The van der Waals surface area contributed by atoms with Gasteiger partial charge in [0.05, 0.1) is 15.4 Å². The minimum absolute atomic E-state index is 0.0383. The van der Waals surface area contributed by atoms with Crippen LogP contribution in [0.1, 0.15) is 19.4 Å². The molecular weight excluding hydrogens is 291 g/mol. The van der Waals surface area contributed by atoms with Gasteiger partial charge in [-0.05, 0) is 32.4 Å². The molecule has 0 saturated heterocycles. The number of rotatable bonds is 5. The minimum atomic E-state index is -4.08. The molecule has 1 rings (SSSR count). The van der Waals surface area contributed by atoms with Gasteiger partial charge in [-0.15, -0.1) is 0 Å². The first-order valence-corrected chi connectivity index (χ1v) is 7.09. The first kappa shape index (κ1) is 16.5. The van der Waals surface area contributed by atoms with Gasteiger partial charge in [-0.3, -0.25) is 10.1 Å². The Labute approximate surface area is 115 Å². The maximum Gasteiger partial charge on any atom is 0.306 e. The second-order valence-corrected chi connectivity index (χ2v) is 6.70. The van der Waals surface area contributed by atoms with Gasteiger partial charge in [-0.2, -0.15) is 4.39 Å². The molecule has 0 unspecified atom stereocenters. The van der Waals surface area contributed by atoms with Crippen molar-refractivity contribution in [1.29, 1.82) is 0 Å². The van der Waals surface area contributed by atoms with Crippen molar-refractivity contribution in [1.82, 2.24) is 4.72 Å². The molecule has 7 nitrogen and oxygen atoms in total. The summed E-state index contributed by atoms with van der Waals surface area (Å²) in [7, 11) is -4.08. The summed E-state index contributed by atoms with van der Waals surface area (Å²) < 4.78 is 39.5. The van der Waals surface area contributed by atoms with Gasteiger partial charge in [0.1, 0.15) is 0 Å². The number of hydrogen-bond donors (Lipinski definition) is 2. The highest BCUT2D eigenvalue weighted by atomic mass is 32.2. The van der Waals surface area contributed by atoms with E-state index in [-0.39, 0.29) is 12.1 Å². The molecule has 1 aromatic rings. The number of nitrogens with one attached hydrogen (secondary N) is 1. The van der Waals surface area contributed by atoms with Crippen LogP contribution in [-0.4, -0.2) is 30.6 Å². The van der Waals surface area contributed by atoms with E-state index < -0.39 is 36.9 Å². The van der Waals surface area contributed by atoms with E-state index >= 15 is 0 Å². The van der Waals surface area contributed by atoms with E-state index in [1.165, 1.54) is 20.8 Å². The van der Waals surface area contributed by atoms with Crippen LogP contribution in [0.5, 0.6) is 0 Å². The third kappa shape index (κ3) is 3.95. The Morgan fingerprint density at radius 3 is 2.45 bits per heavy atom. The van der Waals surface area contributed by atoms with Gasteiger partial charge < -0.3 is 5.11 Å². The molecule has 0 aliphatic rings. The highest BCUT2D eigenvalue weighted by Crippen LogP contribution is 2.25. The predicted molar refractivity (Wildman–Crippen MR) is 69.3 cm³/mol. The second kappa shape index (κ2) is 5.43. The number of nitro benzene ring substituents is 1. The summed E-state index contributed by atoms with van der Waals surface area (Å²) in [6, 6.07) is 1.45. The van der Waals surface area contributed by atoms with Crippen LogP contribution in [0.25, 0.3) is 0 Å². The van der Waals surface area contributed by atoms with E-state index in [4.69, 9.17) is 0 Å². The Morgan fingerprint density at radius 2 is 2.00 bits per heavy atom. The van der Waals surface area contributed by atoms with Crippen LogP contribution >= 0.6 is 0 Å². The van der Waals surface area contributed by atoms with Gasteiger partial charge in [-0.1, -0.05) is 0 Å². The number of aryl methyl sites for hydroxylation is 1. The highest BCUT2D eigenvalue weighted by molar-refractivity contribution is 7.89. The Hall–Kier alpha value is -1.58. The standard InChI is InChI=1S/C11H15FN2O5S/c1-7-4-8(12)9(14(16)17)5-10(7)20(18,19)13-6-11(2,3)15/h4-5,13,15H,6H2,1-3H3. The van der Waals surface area contributed by atoms with E-state index in [0.29, 0.717) is 6.07 Å². The molecular formula is C11H15FN2O5S. The minimum Gasteiger partial charge on any atom is -0.389 e. The largest absolute Gasteiger partial charge is 0.389 e. The summed E-state index contributed by atoms with van der Waals surface area (Å²) in [5.74, 6) is -1.10. The Morgan fingerprint density at radius 1 is 1.45 bits per heavy atom. The van der Waals surface area contributed by atoms with Crippen LogP contribution in [0.3, 0.4) is 0 Å². The van der Waals surface area contributed by atoms with Gasteiger partial charge in [-0.25, -0.2) is 13.1 Å². The smallest absolute Gasteiger partial charge is 0.306 e. The van der Waals surface area contributed by atoms with Gasteiger partial charge in [0.2, 0.25) is 15.8 Å². The summed E-state index contributed by atoms with van der Waals surface area (Å²) >= 11 is 0. The summed E-state index contributed by atoms with van der Waals surface area (Å²) in [5.41, 5.74) is -2.16. The molecule has 0 radical (unpaired) electrons. The molecule has 2 N–H and O–H groups in total.